The average molecular weight is 171 g/mol. The number of nitrogens with two attached hydrogens (primary N) is 1. The second kappa shape index (κ2) is 3.38. The number of hydrogen-bond acceptors (Lipinski definition) is 4. The molecular weight excluding hydrogens is 162 g/mol. The van der Waals surface area contributed by atoms with E-state index >= 15 is 0 Å². The van der Waals surface area contributed by atoms with Crippen LogP contribution in [0.2, 0.25) is 0 Å². The Morgan fingerprint density at radius 3 is 2.75 bits per heavy atom. The third kappa shape index (κ3) is 1.63. The number of carbonyl (C=O) groups is 1. The third-order valence-corrected chi connectivity index (χ3v) is 1.51. The monoisotopic (exact) mass is 171 g/mol. The Labute approximate surface area is 68.4 Å². The molecule has 0 aliphatic rings. The summed E-state index contributed by atoms with van der Waals surface area (Å²) in [6, 6.07) is 0.149. The molecular formula is C7H9NO4. The van der Waals surface area contributed by atoms with Gasteiger partial charge in [0.05, 0.1) is 12.5 Å². The van der Waals surface area contributed by atoms with E-state index in [2.05, 4.69) is 4.42 Å². The number of furan rings is 1. The van der Waals surface area contributed by atoms with E-state index in [4.69, 9.17) is 10.8 Å². The lowest BCUT2D eigenvalue weighted by Crippen LogP contribution is -2.36. The van der Waals surface area contributed by atoms with Crippen LogP contribution in [-0.4, -0.2) is 22.2 Å². The van der Waals surface area contributed by atoms with Crippen LogP contribution in [0.15, 0.2) is 23.0 Å². The standard InChI is InChI=1S/C7H9NO4/c8-5(7(10)11)6(9)4-1-2-12-3-4/h1-3,5-6,9H,8H2,(H,10,11). The number of carboxylic acids is 1. The van der Waals surface area contributed by atoms with Crippen LogP contribution in [-0.2, 0) is 4.79 Å². The average Bonchev–Trinajstić information content (AvgIpc) is 2.53. The highest BCUT2D eigenvalue weighted by Gasteiger charge is 2.23. The van der Waals surface area contributed by atoms with Crippen molar-refractivity contribution in [1.82, 2.24) is 0 Å². The summed E-state index contributed by atoms with van der Waals surface area (Å²) in [6.07, 6.45) is 1.38. The zero-order valence-electron chi connectivity index (χ0n) is 6.18. The van der Waals surface area contributed by atoms with Gasteiger partial charge in [-0.25, -0.2) is 0 Å². The number of aliphatic carboxylic acids is 1. The molecule has 0 amide bonds. The van der Waals surface area contributed by atoms with E-state index in [1.165, 1.54) is 18.6 Å². The molecule has 12 heavy (non-hydrogen) atoms. The van der Waals surface area contributed by atoms with Crippen LogP contribution < -0.4 is 5.73 Å². The first kappa shape index (κ1) is 8.76. The minimum atomic E-state index is -1.32. The predicted octanol–water partition coefficient (Wildman–Crippen LogP) is -0.275. The predicted molar refractivity (Wildman–Crippen MR) is 39.3 cm³/mol. The van der Waals surface area contributed by atoms with Crippen molar-refractivity contribution in [2.24, 2.45) is 5.73 Å². The van der Waals surface area contributed by atoms with Gasteiger partial charge in [-0.1, -0.05) is 0 Å². The fraction of sp³-hybridized carbons (Fsp3) is 0.286. The summed E-state index contributed by atoms with van der Waals surface area (Å²) in [6.45, 7) is 0. The van der Waals surface area contributed by atoms with Gasteiger partial charge in [0.1, 0.15) is 12.1 Å². The van der Waals surface area contributed by atoms with Gasteiger partial charge in [0.25, 0.3) is 0 Å². The molecule has 5 heteroatoms. The van der Waals surface area contributed by atoms with E-state index in [0.29, 0.717) is 5.56 Å². The quantitative estimate of drug-likeness (QED) is 0.581. The molecule has 0 saturated heterocycles. The first-order valence-corrected chi connectivity index (χ1v) is 3.31. The van der Waals surface area contributed by atoms with E-state index in [1.54, 1.807) is 0 Å². The molecule has 0 aromatic carbocycles. The maximum absolute atomic E-state index is 10.3. The highest BCUT2D eigenvalue weighted by atomic mass is 16.4. The zero-order chi connectivity index (χ0) is 9.14. The van der Waals surface area contributed by atoms with Crippen molar-refractivity contribution in [3.63, 3.8) is 0 Å². The van der Waals surface area contributed by atoms with Crippen LogP contribution in [0.25, 0.3) is 0 Å². The lowest BCUT2D eigenvalue weighted by atomic mass is 10.1. The summed E-state index contributed by atoms with van der Waals surface area (Å²) in [7, 11) is 0. The van der Waals surface area contributed by atoms with Crippen LogP contribution in [0.4, 0.5) is 0 Å². The topological polar surface area (TPSA) is 96.7 Å². The number of hydrogen-bond donors (Lipinski definition) is 3. The fourth-order valence-electron chi connectivity index (χ4n) is 0.786. The molecule has 0 aliphatic carbocycles. The molecule has 0 radical (unpaired) electrons. The van der Waals surface area contributed by atoms with Gasteiger partial charge in [-0.3, -0.25) is 4.79 Å². The first-order valence-electron chi connectivity index (χ1n) is 3.31. The van der Waals surface area contributed by atoms with Gasteiger partial charge in [0.2, 0.25) is 0 Å². The molecule has 0 fully saturated rings. The summed E-state index contributed by atoms with van der Waals surface area (Å²) in [5.41, 5.74) is 5.53. The Balaban J connectivity index is 2.71. The molecule has 0 spiro atoms. The molecule has 2 atom stereocenters. The van der Waals surface area contributed by atoms with Gasteiger partial charge in [0, 0.05) is 5.56 Å². The second-order valence-corrected chi connectivity index (χ2v) is 2.37. The molecule has 66 valence electrons. The molecule has 0 aliphatic heterocycles. The maximum atomic E-state index is 10.3. The molecule has 1 aromatic rings. The van der Waals surface area contributed by atoms with Crippen molar-refractivity contribution in [2.45, 2.75) is 12.1 Å². The number of aliphatic hydroxyl groups excluding tert-OH is 1. The maximum Gasteiger partial charge on any atom is 0.323 e. The van der Waals surface area contributed by atoms with Crippen molar-refractivity contribution >= 4 is 5.97 Å². The van der Waals surface area contributed by atoms with E-state index in [-0.39, 0.29) is 0 Å². The van der Waals surface area contributed by atoms with E-state index < -0.39 is 18.1 Å². The summed E-state index contributed by atoms with van der Waals surface area (Å²) in [5, 5.41) is 17.7. The largest absolute Gasteiger partial charge is 0.480 e. The molecule has 0 saturated carbocycles. The normalized spacial score (nSPS) is 15.5. The third-order valence-electron chi connectivity index (χ3n) is 1.51. The lowest BCUT2D eigenvalue weighted by molar-refractivity contribution is -0.141. The number of aliphatic hydroxyl groups is 1. The highest BCUT2D eigenvalue weighted by Crippen LogP contribution is 2.15. The van der Waals surface area contributed by atoms with Crippen LogP contribution in [0.1, 0.15) is 11.7 Å². The minimum Gasteiger partial charge on any atom is -0.480 e. The molecule has 1 rings (SSSR count). The molecule has 5 nitrogen and oxygen atoms in total. The summed E-state index contributed by atoms with van der Waals surface area (Å²) in [5.74, 6) is -1.25. The van der Waals surface area contributed by atoms with Crippen molar-refractivity contribution in [2.75, 3.05) is 0 Å². The van der Waals surface area contributed by atoms with Gasteiger partial charge in [-0.15, -0.1) is 0 Å². The molecule has 0 bridgehead atoms. The van der Waals surface area contributed by atoms with E-state index in [1.807, 2.05) is 0 Å². The molecule has 4 N–H and O–H groups in total. The fourth-order valence-corrected chi connectivity index (χ4v) is 0.786. The van der Waals surface area contributed by atoms with Gasteiger partial charge >= 0.3 is 5.97 Å². The summed E-state index contributed by atoms with van der Waals surface area (Å²) in [4.78, 5) is 10.3. The molecule has 1 aromatic heterocycles. The Hall–Kier alpha value is -1.33. The van der Waals surface area contributed by atoms with Crippen molar-refractivity contribution in [3.8, 4) is 0 Å². The van der Waals surface area contributed by atoms with Crippen molar-refractivity contribution in [1.29, 1.82) is 0 Å². The number of rotatable bonds is 3. The lowest BCUT2D eigenvalue weighted by Gasteiger charge is -2.11. The van der Waals surface area contributed by atoms with Crippen LogP contribution >= 0.6 is 0 Å². The van der Waals surface area contributed by atoms with Gasteiger partial charge in [-0.2, -0.15) is 0 Å². The van der Waals surface area contributed by atoms with Gasteiger partial charge in [-0.05, 0) is 6.07 Å². The van der Waals surface area contributed by atoms with Crippen molar-refractivity contribution < 1.29 is 19.4 Å². The molecule has 2 unspecified atom stereocenters. The van der Waals surface area contributed by atoms with Crippen LogP contribution in [0, 0.1) is 0 Å². The smallest absolute Gasteiger partial charge is 0.323 e. The van der Waals surface area contributed by atoms with E-state index in [9.17, 15) is 9.90 Å². The SMILES string of the molecule is NC(C(=O)O)C(O)c1ccoc1. The Kier molecular flexibility index (Phi) is 2.47. The Morgan fingerprint density at radius 2 is 2.33 bits per heavy atom. The van der Waals surface area contributed by atoms with E-state index in [0.717, 1.165) is 0 Å². The summed E-state index contributed by atoms with van der Waals surface area (Å²) < 4.78 is 4.66. The summed E-state index contributed by atoms with van der Waals surface area (Å²) >= 11 is 0. The van der Waals surface area contributed by atoms with Crippen molar-refractivity contribution in [3.05, 3.63) is 24.2 Å². The first-order chi connectivity index (χ1) is 5.63. The van der Waals surface area contributed by atoms with Gasteiger partial charge < -0.3 is 20.4 Å². The highest BCUT2D eigenvalue weighted by molar-refractivity contribution is 5.74. The van der Waals surface area contributed by atoms with Crippen LogP contribution in [0.5, 0.6) is 0 Å². The van der Waals surface area contributed by atoms with Crippen LogP contribution in [0.3, 0.4) is 0 Å². The number of carboxylic acid groups (broad SMARTS) is 1. The second-order valence-electron chi connectivity index (χ2n) is 2.37. The Morgan fingerprint density at radius 1 is 1.67 bits per heavy atom. The Bertz CT molecular complexity index is 256. The van der Waals surface area contributed by atoms with Gasteiger partial charge in [0.15, 0.2) is 0 Å². The zero-order valence-corrected chi connectivity index (χ0v) is 6.18. The molecule has 1 heterocycles. The minimum absolute atomic E-state index is 0.366.